The van der Waals surface area contributed by atoms with Crippen molar-refractivity contribution in [3.8, 4) is 0 Å². The number of hydrogen-bond acceptors (Lipinski definition) is 3. The first-order chi connectivity index (χ1) is 13.5. The standard InChI is InChI=1S/C22H34N4O2/c1-23(2)22(28)26-12-6-9-20(18-26)10-11-21(27)25-15-13-24(14-16-25)17-19-7-4-3-5-8-19/h3-5,7-8,20H,6,9-18H2,1-2H3/t20-/m1/s1. The molecule has 2 fully saturated rings. The monoisotopic (exact) mass is 386 g/mol. The summed E-state index contributed by atoms with van der Waals surface area (Å²) in [5, 5.41) is 0. The third-order valence-corrected chi connectivity index (χ3v) is 5.91. The van der Waals surface area contributed by atoms with Crippen molar-refractivity contribution in [2.45, 2.75) is 32.2 Å². The van der Waals surface area contributed by atoms with E-state index in [9.17, 15) is 9.59 Å². The van der Waals surface area contributed by atoms with Crippen LogP contribution in [0.5, 0.6) is 0 Å². The molecular weight excluding hydrogens is 352 g/mol. The number of carbonyl (C=O) groups is 2. The Hall–Kier alpha value is -2.08. The molecule has 1 atom stereocenters. The molecule has 2 aliphatic heterocycles. The molecule has 1 aromatic rings. The molecule has 2 heterocycles. The fourth-order valence-electron chi connectivity index (χ4n) is 4.24. The normalized spacial score (nSPS) is 20.9. The molecule has 6 nitrogen and oxygen atoms in total. The van der Waals surface area contributed by atoms with Crippen LogP contribution in [0.2, 0.25) is 0 Å². The summed E-state index contributed by atoms with van der Waals surface area (Å²) in [7, 11) is 3.60. The van der Waals surface area contributed by atoms with E-state index >= 15 is 0 Å². The fraction of sp³-hybridized carbons (Fsp3) is 0.636. The molecular formula is C22H34N4O2. The molecule has 3 amide bonds. The molecule has 0 saturated carbocycles. The Morgan fingerprint density at radius 3 is 2.39 bits per heavy atom. The molecule has 0 aliphatic carbocycles. The summed E-state index contributed by atoms with van der Waals surface area (Å²) in [5.41, 5.74) is 1.33. The molecule has 154 valence electrons. The van der Waals surface area contributed by atoms with Gasteiger partial charge in [-0.05, 0) is 30.7 Å². The number of carbonyl (C=O) groups excluding carboxylic acids is 2. The van der Waals surface area contributed by atoms with Crippen molar-refractivity contribution in [2.75, 3.05) is 53.4 Å². The van der Waals surface area contributed by atoms with E-state index in [2.05, 4.69) is 29.2 Å². The van der Waals surface area contributed by atoms with Crippen LogP contribution in [-0.2, 0) is 11.3 Å². The van der Waals surface area contributed by atoms with Gasteiger partial charge in [-0.2, -0.15) is 0 Å². The highest BCUT2D eigenvalue weighted by atomic mass is 16.2. The maximum Gasteiger partial charge on any atom is 0.319 e. The van der Waals surface area contributed by atoms with E-state index in [-0.39, 0.29) is 11.9 Å². The summed E-state index contributed by atoms with van der Waals surface area (Å²) in [4.78, 5) is 32.8. The molecule has 0 bridgehead atoms. The van der Waals surface area contributed by atoms with Crippen LogP contribution in [0.25, 0.3) is 0 Å². The maximum absolute atomic E-state index is 12.6. The smallest absolute Gasteiger partial charge is 0.319 e. The van der Waals surface area contributed by atoms with Crippen molar-refractivity contribution in [2.24, 2.45) is 5.92 Å². The SMILES string of the molecule is CN(C)C(=O)N1CCC[C@H](CCC(=O)N2CCN(Cc3ccccc3)CC2)C1. The quantitative estimate of drug-likeness (QED) is 0.781. The Kier molecular flexibility index (Phi) is 7.31. The van der Waals surface area contributed by atoms with Gasteiger partial charge in [-0.25, -0.2) is 4.79 Å². The number of hydrogen-bond donors (Lipinski definition) is 0. The number of nitrogens with zero attached hydrogens (tertiary/aromatic N) is 4. The largest absolute Gasteiger partial charge is 0.340 e. The topological polar surface area (TPSA) is 47.1 Å². The van der Waals surface area contributed by atoms with Gasteiger partial charge < -0.3 is 14.7 Å². The van der Waals surface area contributed by atoms with E-state index in [1.54, 1.807) is 19.0 Å². The first-order valence-corrected chi connectivity index (χ1v) is 10.5. The number of benzene rings is 1. The third kappa shape index (κ3) is 5.71. The molecule has 0 radical (unpaired) electrons. The highest BCUT2D eigenvalue weighted by Crippen LogP contribution is 2.22. The van der Waals surface area contributed by atoms with Crippen LogP contribution >= 0.6 is 0 Å². The van der Waals surface area contributed by atoms with E-state index < -0.39 is 0 Å². The van der Waals surface area contributed by atoms with Gasteiger partial charge in [-0.15, -0.1) is 0 Å². The average molecular weight is 387 g/mol. The summed E-state index contributed by atoms with van der Waals surface area (Å²) in [6.07, 6.45) is 3.65. The number of likely N-dealkylation sites (tertiary alicyclic amines) is 1. The minimum absolute atomic E-state index is 0.0885. The summed E-state index contributed by atoms with van der Waals surface area (Å²) >= 11 is 0. The molecule has 1 aromatic carbocycles. The lowest BCUT2D eigenvalue weighted by Crippen LogP contribution is -2.48. The second-order valence-electron chi connectivity index (χ2n) is 8.31. The van der Waals surface area contributed by atoms with Crippen molar-refractivity contribution in [1.29, 1.82) is 0 Å². The van der Waals surface area contributed by atoms with Crippen molar-refractivity contribution in [3.05, 3.63) is 35.9 Å². The zero-order chi connectivity index (χ0) is 19.9. The van der Waals surface area contributed by atoms with Crippen LogP contribution in [0.1, 0.15) is 31.2 Å². The molecule has 6 heteroatoms. The van der Waals surface area contributed by atoms with Crippen molar-refractivity contribution in [1.82, 2.24) is 19.6 Å². The van der Waals surface area contributed by atoms with E-state index in [1.807, 2.05) is 15.9 Å². The van der Waals surface area contributed by atoms with Gasteiger partial charge in [-0.3, -0.25) is 9.69 Å². The lowest BCUT2D eigenvalue weighted by molar-refractivity contribution is -0.133. The Bertz CT molecular complexity index is 641. The molecule has 0 N–H and O–H groups in total. The average Bonchev–Trinajstić information content (AvgIpc) is 2.73. The lowest BCUT2D eigenvalue weighted by atomic mass is 9.93. The van der Waals surface area contributed by atoms with Gasteiger partial charge in [0.15, 0.2) is 0 Å². The molecule has 0 aromatic heterocycles. The molecule has 2 saturated heterocycles. The van der Waals surface area contributed by atoms with E-state index in [4.69, 9.17) is 0 Å². The van der Waals surface area contributed by atoms with Gasteiger partial charge in [0.1, 0.15) is 0 Å². The predicted octanol–water partition coefficient (Wildman–Crippen LogP) is 2.50. The van der Waals surface area contributed by atoms with Crippen LogP contribution in [0.4, 0.5) is 4.79 Å². The van der Waals surface area contributed by atoms with E-state index in [0.717, 1.165) is 65.1 Å². The van der Waals surface area contributed by atoms with Crippen molar-refractivity contribution < 1.29 is 9.59 Å². The second-order valence-corrected chi connectivity index (χ2v) is 8.31. The minimum Gasteiger partial charge on any atom is -0.340 e. The molecule has 2 aliphatic rings. The summed E-state index contributed by atoms with van der Waals surface area (Å²) in [6.45, 7) is 6.11. The maximum atomic E-state index is 12.6. The minimum atomic E-state index is 0.0885. The molecule has 28 heavy (non-hydrogen) atoms. The summed E-state index contributed by atoms with van der Waals surface area (Å²) < 4.78 is 0. The fourth-order valence-corrected chi connectivity index (χ4v) is 4.24. The highest BCUT2D eigenvalue weighted by Gasteiger charge is 2.26. The zero-order valence-corrected chi connectivity index (χ0v) is 17.3. The lowest BCUT2D eigenvalue weighted by Gasteiger charge is -2.36. The number of urea groups is 1. The van der Waals surface area contributed by atoms with Gasteiger partial charge in [0.05, 0.1) is 0 Å². The molecule has 0 unspecified atom stereocenters. The third-order valence-electron chi connectivity index (χ3n) is 5.91. The first-order valence-electron chi connectivity index (χ1n) is 10.5. The van der Waals surface area contributed by atoms with Crippen LogP contribution < -0.4 is 0 Å². The van der Waals surface area contributed by atoms with Crippen LogP contribution in [0.15, 0.2) is 30.3 Å². The highest BCUT2D eigenvalue weighted by molar-refractivity contribution is 5.76. The number of amides is 3. The van der Waals surface area contributed by atoms with Gasteiger partial charge in [-0.1, -0.05) is 30.3 Å². The van der Waals surface area contributed by atoms with Crippen LogP contribution in [-0.4, -0.2) is 84.9 Å². The van der Waals surface area contributed by atoms with Gasteiger partial charge in [0.25, 0.3) is 0 Å². The van der Waals surface area contributed by atoms with Crippen LogP contribution in [0.3, 0.4) is 0 Å². The Morgan fingerprint density at radius 2 is 1.71 bits per heavy atom. The molecule has 3 rings (SSSR count). The van der Waals surface area contributed by atoms with Crippen molar-refractivity contribution in [3.63, 3.8) is 0 Å². The number of piperazine rings is 1. The first kappa shape index (κ1) is 20.6. The Balaban J connectivity index is 1.38. The summed E-state index contributed by atoms with van der Waals surface area (Å²) in [6, 6.07) is 10.6. The Labute approximate surface area is 169 Å². The van der Waals surface area contributed by atoms with E-state index in [1.165, 1.54) is 5.56 Å². The van der Waals surface area contributed by atoms with Gasteiger partial charge >= 0.3 is 6.03 Å². The zero-order valence-electron chi connectivity index (χ0n) is 17.3. The number of piperidine rings is 1. The van der Waals surface area contributed by atoms with E-state index in [0.29, 0.717) is 12.3 Å². The number of rotatable bonds is 5. The van der Waals surface area contributed by atoms with Crippen molar-refractivity contribution >= 4 is 11.9 Å². The van der Waals surface area contributed by atoms with Crippen LogP contribution in [0, 0.1) is 5.92 Å². The summed E-state index contributed by atoms with van der Waals surface area (Å²) in [5.74, 6) is 0.719. The predicted molar refractivity (Wildman–Crippen MR) is 111 cm³/mol. The molecule has 0 spiro atoms. The van der Waals surface area contributed by atoms with Gasteiger partial charge in [0.2, 0.25) is 5.91 Å². The second kappa shape index (κ2) is 9.92. The Morgan fingerprint density at radius 1 is 1.00 bits per heavy atom. The van der Waals surface area contributed by atoms with Gasteiger partial charge in [0, 0.05) is 66.3 Å².